The van der Waals surface area contributed by atoms with Crippen LogP contribution in [0, 0.1) is 0 Å². The van der Waals surface area contributed by atoms with Gasteiger partial charge in [0.25, 0.3) is 0 Å². The van der Waals surface area contributed by atoms with Crippen molar-refractivity contribution in [3.05, 3.63) is 108 Å². The molecule has 8 N–H and O–H groups in total. The monoisotopic (exact) mass is 1120 g/mol. The first-order chi connectivity index (χ1) is 38.7. The van der Waals surface area contributed by atoms with E-state index in [1.165, 1.54) is 18.2 Å². The predicted octanol–water partition coefficient (Wildman–Crippen LogP) is 1.40. The Bertz CT molecular complexity index is 3010. The van der Waals surface area contributed by atoms with E-state index < -0.39 is 109 Å². The molecular weight excluding hydrogens is 1060 g/mol. The molecule has 1 aliphatic rings. The van der Waals surface area contributed by atoms with Gasteiger partial charge >= 0.3 is 30.0 Å². The zero-order valence-corrected chi connectivity index (χ0v) is 44.5. The van der Waals surface area contributed by atoms with Gasteiger partial charge in [0.2, 0.25) is 35.4 Å². The summed E-state index contributed by atoms with van der Waals surface area (Å²) in [6.07, 6.45) is -0.698. The number of likely N-dealkylation sites (N-methyl/N-ethyl adjacent to an activating group) is 1. The van der Waals surface area contributed by atoms with Crippen LogP contribution in [0.2, 0.25) is 0 Å². The van der Waals surface area contributed by atoms with E-state index >= 15 is 0 Å². The zero-order valence-electron chi connectivity index (χ0n) is 44.5. The Labute approximate surface area is 463 Å². The number of hydrogen-bond acceptors (Lipinski definition) is 16. The number of aliphatic carboxylic acids is 4. The fourth-order valence-corrected chi connectivity index (χ4v) is 8.81. The van der Waals surface area contributed by atoms with E-state index in [-0.39, 0.29) is 38.4 Å². The molecule has 432 valence electrons. The molecule has 0 saturated carbocycles. The number of benzene rings is 2. The van der Waals surface area contributed by atoms with Crippen LogP contribution in [0.4, 0.5) is 4.79 Å². The highest BCUT2D eigenvalue weighted by atomic mass is 16.6. The van der Waals surface area contributed by atoms with Crippen LogP contribution in [0.15, 0.2) is 89.7 Å². The molecule has 81 heavy (non-hydrogen) atoms. The van der Waals surface area contributed by atoms with Crippen molar-refractivity contribution in [1.82, 2.24) is 50.3 Å². The lowest BCUT2D eigenvalue weighted by Crippen LogP contribution is -2.59. The van der Waals surface area contributed by atoms with E-state index in [1.54, 1.807) is 22.7 Å². The lowest BCUT2D eigenvalue weighted by Gasteiger charge is -2.29. The van der Waals surface area contributed by atoms with E-state index in [0.29, 0.717) is 74.2 Å². The molecule has 27 heteroatoms. The van der Waals surface area contributed by atoms with Gasteiger partial charge < -0.3 is 65.4 Å². The Morgan fingerprint density at radius 2 is 1.19 bits per heavy atom. The van der Waals surface area contributed by atoms with Crippen LogP contribution in [0.25, 0.3) is 16.9 Å². The number of ether oxygens (including phenoxy) is 2. The number of hydrogen-bond donors (Lipinski definition) is 8. The minimum atomic E-state index is -2.09. The summed E-state index contributed by atoms with van der Waals surface area (Å²) in [5.41, 5.74) is 3.79. The maximum atomic E-state index is 14.7. The normalized spacial score (nSPS) is 13.9. The standard InChI is InChI=1S/C54H64N10O17/c1-33(65)55-38(28-44(66)67)49(74)58-39(29-45(68)69)50(75)59-40(30-46(70)71)51(76)60-41(31-47(72)73)52(77)61(2)17-10-19-63(20-11-18-62-21-24-79-25-22-62)54(78)81-53-42(27-36-16-9-23-80-36)57-48-37(26-34-12-5-3-6-13-34)56-43(32-64(48)53)35-14-7-4-8-15-35/h3-9,12-16,23,32,38-41H,10-11,17-22,24-31H2,1-2H3,(H,55,65)(H,58,74)(H,59,75)(H,60,76)(H,66,67)(H,68,69)(H,70,71)(H,72,73). The molecule has 1 fully saturated rings. The van der Waals surface area contributed by atoms with Crippen molar-refractivity contribution in [3.8, 4) is 17.1 Å². The second-order valence-corrected chi connectivity index (χ2v) is 19.0. The third-order valence-electron chi connectivity index (χ3n) is 12.7. The van der Waals surface area contributed by atoms with E-state index in [1.807, 2.05) is 71.3 Å². The SMILES string of the molecule is CC(=O)NC(CC(=O)O)C(=O)NC(CC(=O)O)C(=O)NC(CC(=O)O)C(=O)NC(CC(=O)O)C(=O)N(C)CCCN(CCCN1CCOCC1)C(=O)Oc1c(Cc2ccco2)nc2c(Cc3ccccc3)nc(-c3ccccc3)cn12. The summed E-state index contributed by atoms with van der Waals surface area (Å²) in [5, 5.41) is 46.4. The molecular formula is C54H64N10O17. The van der Waals surface area contributed by atoms with Crippen molar-refractivity contribution in [1.29, 1.82) is 0 Å². The largest absolute Gasteiger partial charge is 0.481 e. The fraction of sp³-hybridized carbons (Fsp3) is 0.407. The van der Waals surface area contributed by atoms with Crippen molar-refractivity contribution in [2.45, 2.75) is 82.5 Å². The Kier molecular flexibility index (Phi) is 22.3. The number of carboxylic acid groups (broad SMARTS) is 4. The molecule has 5 aromatic rings. The molecule has 0 radical (unpaired) electrons. The lowest BCUT2D eigenvalue weighted by atomic mass is 10.1. The Balaban J connectivity index is 1.21. The number of nitrogens with one attached hydrogen (secondary N) is 4. The van der Waals surface area contributed by atoms with Gasteiger partial charge in [-0.3, -0.25) is 52.5 Å². The number of carboxylic acids is 4. The Morgan fingerprint density at radius 3 is 1.74 bits per heavy atom. The number of furan rings is 1. The van der Waals surface area contributed by atoms with Crippen molar-refractivity contribution in [3.63, 3.8) is 0 Å². The number of aromatic nitrogens is 3. The van der Waals surface area contributed by atoms with Gasteiger partial charge in [-0.1, -0.05) is 60.7 Å². The quantitative estimate of drug-likeness (QED) is 0.0322. The van der Waals surface area contributed by atoms with Crippen LogP contribution >= 0.6 is 0 Å². The molecule has 4 unspecified atom stereocenters. The van der Waals surface area contributed by atoms with Crippen molar-refractivity contribution in [2.24, 2.45) is 0 Å². The van der Waals surface area contributed by atoms with Gasteiger partial charge in [-0.15, -0.1) is 0 Å². The summed E-state index contributed by atoms with van der Waals surface area (Å²) < 4.78 is 19.3. The summed E-state index contributed by atoms with van der Waals surface area (Å²) in [5.74, 6) is -11.7. The van der Waals surface area contributed by atoms with Crippen LogP contribution in [0.1, 0.15) is 68.2 Å². The second-order valence-electron chi connectivity index (χ2n) is 19.0. The second kappa shape index (κ2) is 29.7. The van der Waals surface area contributed by atoms with Gasteiger partial charge in [0.15, 0.2) is 5.65 Å². The lowest BCUT2D eigenvalue weighted by molar-refractivity contribution is -0.145. The molecule has 3 aromatic heterocycles. The van der Waals surface area contributed by atoms with Gasteiger partial charge in [0.1, 0.15) is 35.6 Å². The minimum absolute atomic E-state index is 0.00150. The highest BCUT2D eigenvalue weighted by Gasteiger charge is 2.35. The number of nitrogens with zero attached hydrogens (tertiary/aromatic N) is 6. The first-order valence-corrected chi connectivity index (χ1v) is 25.8. The van der Waals surface area contributed by atoms with Gasteiger partial charge in [0, 0.05) is 71.4 Å². The summed E-state index contributed by atoms with van der Waals surface area (Å²) in [6, 6.07) is 14.9. The summed E-state index contributed by atoms with van der Waals surface area (Å²) in [6.45, 7) is 4.13. The zero-order chi connectivity index (χ0) is 58.6. The maximum absolute atomic E-state index is 14.7. The predicted molar refractivity (Wildman–Crippen MR) is 283 cm³/mol. The fourth-order valence-electron chi connectivity index (χ4n) is 8.81. The van der Waals surface area contributed by atoms with Crippen LogP contribution in [-0.4, -0.2) is 193 Å². The number of rotatable bonds is 30. The molecule has 6 amide bonds. The minimum Gasteiger partial charge on any atom is -0.481 e. The topological polar surface area (TPSA) is 371 Å². The van der Waals surface area contributed by atoms with Crippen LogP contribution in [0.3, 0.4) is 0 Å². The highest BCUT2D eigenvalue weighted by Crippen LogP contribution is 2.30. The number of carbonyl (C=O) groups excluding carboxylic acids is 6. The van der Waals surface area contributed by atoms with Crippen LogP contribution in [-0.2, 0) is 60.7 Å². The van der Waals surface area contributed by atoms with Crippen molar-refractivity contribution < 1.29 is 82.3 Å². The maximum Gasteiger partial charge on any atom is 0.416 e. The van der Waals surface area contributed by atoms with E-state index in [4.69, 9.17) is 23.9 Å². The number of imidazole rings is 1. The first-order valence-electron chi connectivity index (χ1n) is 25.8. The Hall–Kier alpha value is -9.24. The van der Waals surface area contributed by atoms with E-state index in [9.17, 15) is 68.4 Å². The molecule has 0 spiro atoms. The number of amides is 6. The average Bonchev–Trinajstić information content (AvgIpc) is 3.70. The molecule has 1 aliphatic heterocycles. The Morgan fingerprint density at radius 1 is 0.642 bits per heavy atom. The molecule has 4 atom stereocenters. The third kappa shape index (κ3) is 18.7. The van der Waals surface area contributed by atoms with Gasteiger partial charge in [0.05, 0.1) is 63.0 Å². The third-order valence-corrected chi connectivity index (χ3v) is 12.7. The van der Waals surface area contributed by atoms with Crippen molar-refractivity contribution >= 4 is 65.2 Å². The molecule has 27 nitrogen and oxygen atoms in total. The van der Waals surface area contributed by atoms with Crippen molar-refractivity contribution in [2.75, 3.05) is 59.5 Å². The van der Waals surface area contributed by atoms with Crippen LogP contribution in [0.5, 0.6) is 5.88 Å². The smallest absolute Gasteiger partial charge is 0.416 e. The number of carbonyl (C=O) groups is 10. The molecule has 1 saturated heterocycles. The highest BCUT2D eigenvalue weighted by molar-refractivity contribution is 5.99. The number of fused-ring (bicyclic) bond motifs is 1. The first kappa shape index (κ1) is 61.0. The number of morpholine rings is 1. The molecule has 0 bridgehead atoms. The molecule has 4 heterocycles. The van der Waals surface area contributed by atoms with Gasteiger partial charge in [-0.05, 0) is 30.5 Å². The van der Waals surface area contributed by atoms with Crippen LogP contribution < -0.4 is 26.0 Å². The molecule has 0 aliphatic carbocycles. The summed E-state index contributed by atoms with van der Waals surface area (Å²) in [4.78, 5) is 142. The summed E-state index contributed by atoms with van der Waals surface area (Å²) >= 11 is 0. The average molecular weight is 1130 g/mol. The summed E-state index contributed by atoms with van der Waals surface area (Å²) in [7, 11) is 1.31. The van der Waals surface area contributed by atoms with Gasteiger partial charge in [-0.2, -0.15) is 0 Å². The van der Waals surface area contributed by atoms with E-state index in [0.717, 1.165) is 23.0 Å². The molecule has 2 aromatic carbocycles. The van der Waals surface area contributed by atoms with E-state index in [2.05, 4.69) is 15.5 Å². The molecule has 6 rings (SSSR count). The van der Waals surface area contributed by atoms with Gasteiger partial charge in [-0.25, -0.2) is 14.8 Å².